The monoisotopic (exact) mass is 384 g/mol. The van der Waals surface area contributed by atoms with Gasteiger partial charge in [-0.05, 0) is 29.8 Å². The molecule has 0 saturated carbocycles. The van der Waals surface area contributed by atoms with Crippen LogP contribution in [0.4, 0.5) is 4.79 Å². The Morgan fingerprint density at radius 2 is 2.00 bits per heavy atom. The van der Waals surface area contributed by atoms with Gasteiger partial charge < -0.3 is 25.0 Å². The molecule has 148 valence electrons. The SMILES string of the molecule is COC(=O)c1ccc(CNC(=O)N2CCNCC2c2ccc(OC)cc2)nc1. The molecule has 2 heterocycles. The first-order chi connectivity index (χ1) is 13.6. The number of nitrogens with one attached hydrogen (secondary N) is 2. The summed E-state index contributed by atoms with van der Waals surface area (Å²) in [6.07, 6.45) is 1.44. The lowest BCUT2D eigenvalue weighted by Crippen LogP contribution is -2.51. The Bertz CT molecular complexity index is 808. The first-order valence-corrected chi connectivity index (χ1v) is 9.04. The van der Waals surface area contributed by atoms with Crippen molar-refractivity contribution in [1.82, 2.24) is 20.5 Å². The zero-order valence-corrected chi connectivity index (χ0v) is 16.0. The molecule has 8 nitrogen and oxygen atoms in total. The van der Waals surface area contributed by atoms with Crippen molar-refractivity contribution < 1.29 is 19.1 Å². The normalized spacial score (nSPS) is 16.4. The van der Waals surface area contributed by atoms with Crippen molar-refractivity contribution in [3.05, 3.63) is 59.4 Å². The van der Waals surface area contributed by atoms with Crippen molar-refractivity contribution in [2.45, 2.75) is 12.6 Å². The molecule has 1 saturated heterocycles. The predicted octanol–water partition coefficient (Wildman–Crippen LogP) is 1.73. The third-order valence-corrected chi connectivity index (χ3v) is 4.67. The van der Waals surface area contributed by atoms with Gasteiger partial charge in [0.05, 0.1) is 38.1 Å². The van der Waals surface area contributed by atoms with Crippen LogP contribution in [0.25, 0.3) is 0 Å². The molecule has 0 bridgehead atoms. The van der Waals surface area contributed by atoms with Gasteiger partial charge in [-0.15, -0.1) is 0 Å². The van der Waals surface area contributed by atoms with Crippen LogP contribution < -0.4 is 15.4 Å². The largest absolute Gasteiger partial charge is 0.497 e. The average Bonchev–Trinajstić information content (AvgIpc) is 2.77. The highest BCUT2D eigenvalue weighted by atomic mass is 16.5. The molecule has 1 aliphatic rings. The Balaban J connectivity index is 1.63. The predicted molar refractivity (Wildman–Crippen MR) is 103 cm³/mol. The average molecular weight is 384 g/mol. The number of carbonyl (C=O) groups excluding carboxylic acids is 2. The van der Waals surface area contributed by atoms with E-state index in [1.807, 2.05) is 29.2 Å². The summed E-state index contributed by atoms with van der Waals surface area (Å²) in [6.45, 7) is 2.31. The number of methoxy groups -OCH3 is 2. The van der Waals surface area contributed by atoms with Crippen molar-refractivity contribution in [2.24, 2.45) is 0 Å². The lowest BCUT2D eigenvalue weighted by atomic mass is 10.0. The van der Waals surface area contributed by atoms with Crippen LogP contribution in [0.5, 0.6) is 5.75 Å². The topological polar surface area (TPSA) is 92.8 Å². The molecule has 2 amide bonds. The Kier molecular flexibility index (Phi) is 6.44. The van der Waals surface area contributed by atoms with Gasteiger partial charge >= 0.3 is 12.0 Å². The van der Waals surface area contributed by atoms with Gasteiger partial charge in [-0.2, -0.15) is 0 Å². The van der Waals surface area contributed by atoms with Crippen LogP contribution in [0.3, 0.4) is 0 Å². The lowest BCUT2D eigenvalue weighted by molar-refractivity contribution is 0.0600. The Labute approximate surface area is 163 Å². The number of hydrogen-bond acceptors (Lipinski definition) is 6. The van der Waals surface area contributed by atoms with Crippen LogP contribution in [0.2, 0.25) is 0 Å². The van der Waals surface area contributed by atoms with Gasteiger partial charge in [0.15, 0.2) is 0 Å². The zero-order chi connectivity index (χ0) is 19.9. The first-order valence-electron chi connectivity index (χ1n) is 9.04. The van der Waals surface area contributed by atoms with Crippen molar-refractivity contribution in [3.63, 3.8) is 0 Å². The first kappa shape index (κ1) is 19.6. The molecule has 8 heteroatoms. The number of benzene rings is 1. The number of ether oxygens (including phenoxy) is 2. The number of carbonyl (C=O) groups is 2. The van der Waals surface area contributed by atoms with Gasteiger partial charge in [0.1, 0.15) is 5.75 Å². The van der Waals surface area contributed by atoms with Gasteiger partial charge in [-0.1, -0.05) is 12.1 Å². The molecule has 1 unspecified atom stereocenters. The number of hydrogen-bond donors (Lipinski definition) is 2. The number of piperazine rings is 1. The van der Waals surface area contributed by atoms with E-state index in [1.165, 1.54) is 13.3 Å². The fourth-order valence-electron chi connectivity index (χ4n) is 3.11. The van der Waals surface area contributed by atoms with Gasteiger partial charge in [0, 0.05) is 25.8 Å². The van der Waals surface area contributed by atoms with Crippen LogP contribution >= 0.6 is 0 Å². The van der Waals surface area contributed by atoms with E-state index in [2.05, 4.69) is 20.4 Å². The summed E-state index contributed by atoms with van der Waals surface area (Å²) < 4.78 is 9.86. The summed E-state index contributed by atoms with van der Waals surface area (Å²) in [5.41, 5.74) is 2.08. The molecule has 1 aromatic carbocycles. The Morgan fingerprint density at radius 1 is 1.21 bits per heavy atom. The van der Waals surface area contributed by atoms with Gasteiger partial charge in [0.25, 0.3) is 0 Å². The van der Waals surface area contributed by atoms with Crippen molar-refractivity contribution >= 4 is 12.0 Å². The number of rotatable bonds is 5. The quantitative estimate of drug-likeness (QED) is 0.763. The third kappa shape index (κ3) is 4.58. The molecule has 1 fully saturated rings. The number of amides is 2. The molecule has 0 spiro atoms. The highest BCUT2D eigenvalue weighted by Gasteiger charge is 2.27. The summed E-state index contributed by atoms with van der Waals surface area (Å²) >= 11 is 0. The maximum Gasteiger partial charge on any atom is 0.339 e. The van der Waals surface area contributed by atoms with Crippen LogP contribution in [0, 0.1) is 0 Å². The van der Waals surface area contributed by atoms with E-state index >= 15 is 0 Å². The molecule has 0 radical (unpaired) electrons. The molecular formula is C20H24N4O4. The van der Waals surface area contributed by atoms with Crippen LogP contribution in [-0.4, -0.2) is 55.7 Å². The summed E-state index contributed by atoms with van der Waals surface area (Å²) in [5.74, 6) is 0.344. The van der Waals surface area contributed by atoms with E-state index in [9.17, 15) is 9.59 Å². The minimum Gasteiger partial charge on any atom is -0.497 e. The van der Waals surface area contributed by atoms with E-state index in [1.54, 1.807) is 19.2 Å². The van der Waals surface area contributed by atoms with Gasteiger partial charge in [0.2, 0.25) is 0 Å². The molecule has 28 heavy (non-hydrogen) atoms. The fraction of sp³-hybridized carbons (Fsp3) is 0.350. The minimum absolute atomic E-state index is 0.0608. The van der Waals surface area contributed by atoms with E-state index in [0.717, 1.165) is 17.9 Å². The maximum atomic E-state index is 12.8. The maximum absolute atomic E-state index is 12.8. The number of urea groups is 1. The molecule has 1 aromatic heterocycles. The van der Waals surface area contributed by atoms with Gasteiger partial charge in [-0.25, -0.2) is 9.59 Å². The molecule has 2 N–H and O–H groups in total. The second-order valence-electron chi connectivity index (χ2n) is 6.37. The highest BCUT2D eigenvalue weighted by Crippen LogP contribution is 2.24. The van der Waals surface area contributed by atoms with E-state index < -0.39 is 5.97 Å². The van der Waals surface area contributed by atoms with Crippen molar-refractivity contribution in [1.29, 1.82) is 0 Å². The third-order valence-electron chi connectivity index (χ3n) is 4.67. The number of esters is 1. The fourth-order valence-corrected chi connectivity index (χ4v) is 3.11. The summed E-state index contributed by atoms with van der Waals surface area (Å²) in [5, 5.41) is 6.24. The summed E-state index contributed by atoms with van der Waals surface area (Å²) in [4.78, 5) is 30.2. The summed E-state index contributed by atoms with van der Waals surface area (Å²) in [7, 11) is 2.95. The molecular weight excluding hydrogens is 360 g/mol. The van der Waals surface area contributed by atoms with E-state index in [0.29, 0.717) is 24.3 Å². The van der Waals surface area contributed by atoms with Crippen LogP contribution in [-0.2, 0) is 11.3 Å². The minimum atomic E-state index is -0.439. The second kappa shape index (κ2) is 9.18. The standard InChI is InChI=1S/C20H24N4O4/c1-27-17-7-4-14(5-8-17)18-13-21-9-10-24(18)20(26)23-12-16-6-3-15(11-22-16)19(25)28-2/h3-8,11,18,21H,9-10,12-13H2,1-2H3,(H,23,26). The van der Waals surface area contributed by atoms with Gasteiger partial charge in [-0.3, -0.25) is 4.98 Å². The number of aromatic nitrogens is 1. The molecule has 1 aliphatic heterocycles. The number of pyridine rings is 1. The Hall–Kier alpha value is -3.13. The van der Waals surface area contributed by atoms with Crippen LogP contribution in [0.1, 0.15) is 27.7 Å². The smallest absolute Gasteiger partial charge is 0.339 e. The molecule has 1 atom stereocenters. The second-order valence-corrected chi connectivity index (χ2v) is 6.37. The highest BCUT2D eigenvalue weighted by molar-refractivity contribution is 5.88. The molecule has 0 aliphatic carbocycles. The van der Waals surface area contributed by atoms with E-state index in [-0.39, 0.29) is 18.6 Å². The number of nitrogens with zero attached hydrogens (tertiary/aromatic N) is 2. The van der Waals surface area contributed by atoms with Crippen molar-refractivity contribution in [2.75, 3.05) is 33.9 Å². The van der Waals surface area contributed by atoms with Crippen LogP contribution in [0.15, 0.2) is 42.6 Å². The molecule has 3 rings (SSSR count). The van der Waals surface area contributed by atoms with E-state index in [4.69, 9.17) is 4.74 Å². The lowest BCUT2D eigenvalue weighted by Gasteiger charge is -2.36. The summed E-state index contributed by atoms with van der Waals surface area (Å²) in [6, 6.07) is 10.9. The van der Waals surface area contributed by atoms with Crippen molar-refractivity contribution in [3.8, 4) is 5.75 Å². The zero-order valence-electron chi connectivity index (χ0n) is 16.0. The molecule has 2 aromatic rings. The Morgan fingerprint density at radius 3 is 2.64 bits per heavy atom.